The van der Waals surface area contributed by atoms with Crippen molar-refractivity contribution in [1.29, 1.82) is 0 Å². The van der Waals surface area contributed by atoms with Gasteiger partial charge in [-0.15, -0.1) is 0 Å². The number of nitrogens with one attached hydrogen (secondary N) is 1. The van der Waals surface area contributed by atoms with Gasteiger partial charge >= 0.3 is 0 Å². The maximum atomic E-state index is 11.8. The third-order valence-corrected chi connectivity index (χ3v) is 3.36. The molecule has 0 aliphatic carbocycles. The summed E-state index contributed by atoms with van der Waals surface area (Å²) in [6.45, 7) is 3.17. The van der Waals surface area contributed by atoms with Crippen LogP contribution in [0.2, 0.25) is 0 Å². The minimum absolute atomic E-state index is 0.201. The van der Waals surface area contributed by atoms with E-state index in [0.717, 1.165) is 31.7 Å². The van der Waals surface area contributed by atoms with Crippen molar-refractivity contribution in [2.24, 2.45) is 0 Å². The molecule has 0 saturated carbocycles. The number of carbonyl (C=O) groups excluding carboxylic acids is 1. The van der Waals surface area contributed by atoms with Gasteiger partial charge in [0.15, 0.2) is 0 Å². The Morgan fingerprint density at radius 2 is 1.94 bits per heavy atom. The molecule has 0 aromatic heterocycles. The number of nitrogens with zero attached hydrogens (tertiary/aromatic N) is 2. The molecule has 4 heteroatoms. The Hall–Kier alpha value is -1.55. The molecule has 1 aromatic carbocycles. The van der Waals surface area contributed by atoms with E-state index in [9.17, 15) is 4.79 Å². The monoisotopic (exact) mass is 247 g/mol. The second-order valence-electron chi connectivity index (χ2n) is 4.79. The summed E-state index contributed by atoms with van der Waals surface area (Å²) in [5.41, 5.74) is 2.40. The topological polar surface area (TPSA) is 35.6 Å². The lowest BCUT2D eigenvalue weighted by atomic mass is 10.2. The molecule has 1 aliphatic heterocycles. The third kappa shape index (κ3) is 3.01. The van der Waals surface area contributed by atoms with Crippen LogP contribution in [0.15, 0.2) is 24.3 Å². The van der Waals surface area contributed by atoms with Gasteiger partial charge in [0.1, 0.15) is 0 Å². The summed E-state index contributed by atoms with van der Waals surface area (Å²) in [5, 5.41) is 3.13. The predicted octanol–water partition coefficient (Wildman–Crippen LogP) is 1.07. The van der Waals surface area contributed by atoms with Crippen molar-refractivity contribution in [3.63, 3.8) is 0 Å². The van der Waals surface area contributed by atoms with Gasteiger partial charge in [-0.3, -0.25) is 4.79 Å². The number of hydrogen-bond acceptors (Lipinski definition) is 3. The van der Waals surface area contributed by atoms with Crippen LogP contribution in [-0.4, -0.2) is 44.5 Å². The molecule has 0 bridgehead atoms. The van der Waals surface area contributed by atoms with Gasteiger partial charge in [0.05, 0.1) is 6.54 Å². The molecule has 1 heterocycles. The lowest BCUT2D eigenvalue weighted by Crippen LogP contribution is -2.34. The molecule has 4 nitrogen and oxygen atoms in total. The first-order valence-electron chi connectivity index (χ1n) is 6.43. The molecular weight excluding hydrogens is 226 g/mol. The van der Waals surface area contributed by atoms with Gasteiger partial charge in [0, 0.05) is 32.4 Å². The van der Waals surface area contributed by atoms with E-state index in [1.165, 1.54) is 5.56 Å². The fraction of sp³-hybridized carbons (Fsp3) is 0.500. The third-order valence-electron chi connectivity index (χ3n) is 3.36. The molecule has 2 rings (SSSR count). The maximum absolute atomic E-state index is 11.8. The summed E-state index contributed by atoms with van der Waals surface area (Å²) >= 11 is 0. The molecule has 1 aromatic rings. The summed E-state index contributed by atoms with van der Waals surface area (Å²) in [6, 6.07) is 8.44. The van der Waals surface area contributed by atoms with Crippen molar-refractivity contribution in [2.75, 3.05) is 38.6 Å². The number of anilines is 1. The Labute approximate surface area is 109 Å². The SMILES string of the molecule is CNCc1ccc(N2CCCN(C)C(=O)C2)cc1. The van der Waals surface area contributed by atoms with Crippen LogP contribution in [0.25, 0.3) is 0 Å². The minimum atomic E-state index is 0.201. The van der Waals surface area contributed by atoms with Gasteiger partial charge in [-0.1, -0.05) is 12.1 Å². The Morgan fingerprint density at radius 3 is 2.61 bits per heavy atom. The smallest absolute Gasteiger partial charge is 0.241 e. The lowest BCUT2D eigenvalue weighted by molar-refractivity contribution is -0.127. The zero-order valence-corrected chi connectivity index (χ0v) is 11.1. The van der Waals surface area contributed by atoms with E-state index in [2.05, 4.69) is 34.5 Å². The molecule has 1 N–H and O–H groups in total. The molecule has 98 valence electrons. The Kier molecular flexibility index (Phi) is 4.20. The quantitative estimate of drug-likeness (QED) is 0.868. The fourth-order valence-corrected chi connectivity index (χ4v) is 2.24. The molecule has 0 atom stereocenters. The summed E-state index contributed by atoms with van der Waals surface area (Å²) < 4.78 is 0. The first-order valence-corrected chi connectivity index (χ1v) is 6.43. The fourth-order valence-electron chi connectivity index (χ4n) is 2.24. The highest BCUT2D eigenvalue weighted by atomic mass is 16.2. The number of benzene rings is 1. The molecule has 0 unspecified atom stereocenters. The summed E-state index contributed by atoms with van der Waals surface area (Å²) in [7, 11) is 3.82. The van der Waals surface area contributed by atoms with E-state index in [4.69, 9.17) is 0 Å². The van der Waals surface area contributed by atoms with Crippen LogP contribution in [0.1, 0.15) is 12.0 Å². The molecule has 18 heavy (non-hydrogen) atoms. The number of hydrogen-bond donors (Lipinski definition) is 1. The van der Waals surface area contributed by atoms with Gasteiger partial charge in [-0.25, -0.2) is 0 Å². The second kappa shape index (κ2) is 5.87. The predicted molar refractivity (Wildman–Crippen MR) is 73.7 cm³/mol. The average Bonchev–Trinajstić information content (AvgIpc) is 2.54. The normalized spacial score (nSPS) is 16.9. The number of amides is 1. The highest BCUT2D eigenvalue weighted by molar-refractivity contribution is 5.81. The van der Waals surface area contributed by atoms with Gasteiger partial charge < -0.3 is 15.1 Å². The first-order chi connectivity index (χ1) is 8.70. The van der Waals surface area contributed by atoms with Crippen molar-refractivity contribution < 1.29 is 4.79 Å². The van der Waals surface area contributed by atoms with Crippen molar-refractivity contribution >= 4 is 11.6 Å². The van der Waals surface area contributed by atoms with Crippen LogP contribution in [0, 0.1) is 0 Å². The minimum Gasteiger partial charge on any atom is -0.362 e. The van der Waals surface area contributed by atoms with E-state index in [0.29, 0.717) is 6.54 Å². The molecule has 1 saturated heterocycles. The summed E-state index contributed by atoms with van der Waals surface area (Å²) in [6.07, 6.45) is 1.03. The van der Waals surface area contributed by atoms with Crippen LogP contribution >= 0.6 is 0 Å². The number of rotatable bonds is 3. The van der Waals surface area contributed by atoms with Crippen molar-refractivity contribution in [3.05, 3.63) is 29.8 Å². The van der Waals surface area contributed by atoms with E-state index in [1.807, 2.05) is 19.0 Å². The Balaban J connectivity index is 2.08. The van der Waals surface area contributed by atoms with E-state index < -0.39 is 0 Å². The zero-order valence-electron chi connectivity index (χ0n) is 11.1. The van der Waals surface area contributed by atoms with E-state index in [-0.39, 0.29) is 5.91 Å². The Morgan fingerprint density at radius 1 is 1.22 bits per heavy atom. The van der Waals surface area contributed by atoms with Crippen LogP contribution < -0.4 is 10.2 Å². The van der Waals surface area contributed by atoms with E-state index >= 15 is 0 Å². The second-order valence-corrected chi connectivity index (χ2v) is 4.79. The van der Waals surface area contributed by atoms with Gasteiger partial charge in [-0.2, -0.15) is 0 Å². The van der Waals surface area contributed by atoms with Crippen LogP contribution in [0.3, 0.4) is 0 Å². The number of carbonyl (C=O) groups is 1. The Bertz CT molecular complexity index is 402. The zero-order chi connectivity index (χ0) is 13.0. The van der Waals surface area contributed by atoms with Gasteiger partial charge in [0.25, 0.3) is 0 Å². The molecule has 0 radical (unpaired) electrons. The summed E-state index contributed by atoms with van der Waals surface area (Å²) in [5.74, 6) is 0.201. The van der Waals surface area contributed by atoms with Crippen molar-refractivity contribution in [3.8, 4) is 0 Å². The highest BCUT2D eigenvalue weighted by Gasteiger charge is 2.18. The lowest BCUT2D eigenvalue weighted by Gasteiger charge is -2.22. The van der Waals surface area contributed by atoms with Gasteiger partial charge in [0.2, 0.25) is 5.91 Å². The average molecular weight is 247 g/mol. The standard InChI is InChI=1S/C14H21N3O/c1-15-10-12-4-6-13(7-5-12)17-9-3-8-16(2)14(18)11-17/h4-7,15H,3,8-11H2,1-2H3. The van der Waals surface area contributed by atoms with Crippen LogP contribution in [-0.2, 0) is 11.3 Å². The van der Waals surface area contributed by atoms with Crippen molar-refractivity contribution in [2.45, 2.75) is 13.0 Å². The highest BCUT2D eigenvalue weighted by Crippen LogP contribution is 2.17. The molecule has 1 aliphatic rings. The molecule has 1 fully saturated rings. The summed E-state index contributed by atoms with van der Waals surface area (Å²) in [4.78, 5) is 15.8. The van der Waals surface area contributed by atoms with E-state index in [1.54, 1.807) is 0 Å². The van der Waals surface area contributed by atoms with Crippen molar-refractivity contribution in [1.82, 2.24) is 10.2 Å². The molecular formula is C14H21N3O. The first kappa shape index (κ1) is 12.9. The van der Waals surface area contributed by atoms with Crippen LogP contribution in [0.5, 0.6) is 0 Å². The largest absolute Gasteiger partial charge is 0.362 e. The number of likely N-dealkylation sites (N-methyl/N-ethyl adjacent to an activating group) is 1. The van der Waals surface area contributed by atoms with Gasteiger partial charge in [-0.05, 0) is 31.2 Å². The van der Waals surface area contributed by atoms with Crippen LogP contribution in [0.4, 0.5) is 5.69 Å². The molecule has 1 amide bonds. The molecule has 0 spiro atoms. The maximum Gasteiger partial charge on any atom is 0.241 e.